The minimum atomic E-state index is -0.541. The third-order valence-electron chi connectivity index (χ3n) is 6.43. The average Bonchev–Trinajstić information content (AvgIpc) is 2.84. The van der Waals surface area contributed by atoms with E-state index in [1.165, 1.54) is 23.9 Å². The van der Waals surface area contributed by atoms with Gasteiger partial charge in [0.25, 0.3) is 0 Å². The van der Waals surface area contributed by atoms with E-state index in [9.17, 15) is 9.59 Å². The summed E-state index contributed by atoms with van der Waals surface area (Å²) in [4.78, 5) is 29.9. The van der Waals surface area contributed by atoms with Crippen LogP contribution >= 0.6 is 0 Å². The highest BCUT2D eigenvalue weighted by Crippen LogP contribution is 2.29. The van der Waals surface area contributed by atoms with Gasteiger partial charge in [-0.15, -0.1) is 0 Å². The summed E-state index contributed by atoms with van der Waals surface area (Å²) >= 11 is 0. The molecule has 1 saturated heterocycles. The van der Waals surface area contributed by atoms with Crippen LogP contribution < -0.4 is 15.5 Å². The highest BCUT2D eigenvalue weighted by Gasteiger charge is 2.34. The fourth-order valence-electron chi connectivity index (χ4n) is 4.43. The van der Waals surface area contributed by atoms with E-state index in [0.717, 1.165) is 38.2 Å². The Bertz CT molecular complexity index is 1020. The first-order chi connectivity index (χ1) is 16.0. The zero-order chi connectivity index (χ0) is 23.4. The van der Waals surface area contributed by atoms with E-state index in [4.69, 9.17) is 4.74 Å². The largest absolute Gasteiger partial charge is 0.466 e. The number of piperazine rings is 1. The van der Waals surface area contributed by atoms with Crippen LogP contribution in [-0.4, -0.2) is 56.7 Å². The monoisotopic (exact) mass is 448 g/mol. The molecule has 0 bridgehead atoms. The predicted octanol–water partition coefficient (Wildman–Crippen LogP) is 3.16. The molecular weight excluding hydrogens is 416 g/mol. The first-order valence-corrected chi connectivity index (χ1v) is 11.5. The molecule has 174 valence electrons. The second kappa shape index (κ2) is 10.1. The maximum absolute atomic E-state index is 12.8. The van der Waals surface area contributed by atoms with Gasteiger partial charge in [0.2, 0.25) is 0 Å². The van der Waals surface area contributed by atoms with Crippen LogP contribution in [0.1, 0.15) is 29.7 Å². The molecule has 0 saturated carbocycles. The van der Waals surface area contributed by atoms with Gasteiger partial charge in [-0.05, 0) is 36.6 Å². The van der Waals surface area contributed by atoms with Crippen LogP contribution in [0, 0.1) is 6.92 Å². The summed E-state index contributed by atoms with van der Waals surface area (Å²) in [5.41, 5.74) is 5.61. The van der Waals surface area contributed by atoms with Gasteiger partial charge < -0.3 is 20.3 Å². The van der Waals surface area contributed by atoms with Gasteiger partial charge in [0.1, 0.15) is 0 Å². The molecule has 0 spiro atoms. The number of urea groups is 1. The van der Waals surface area contributed by atoms with Gasteiger partial charge in [-0.25, -0.2) is 9.59 Å². The molecule has 1 atom stereocenters. The number of anilines is 1. The minimum Gasteiger partial charge on any atom is -0.466 e. The molecule has 2 aliphatic rings. The Morgan fingerprint density at radius 3 is 2.30 bits per heavy atom. The highest BCUT2D eigenvalue weighted by atomic mass is 16.5. The first-order valence-electron chi connectivity index (χ1n) is 11.5. The lowest BCUT2D eigenvalue weighted by atomic mass is 9.94. The lowest BCUT2D eigenvalue weighted by Gasteiger charge is -2.38. The molecule has 2 amide bonds. The van der Waals surface area contributed by atoms with E-state index in [-0.39, 0.29) is 6.03 Å². The molecule has 0 aliphatic carbocycles. The number of nitrogens with one attached hydrogen (secondary N) is 2. The molecule has 2 heterocycles. The van der Waals surface area contributed by atoms with E-state index >= 15 is 0 Å². The van der Waals surface area contributed by atoms with Crippen LogP contribution in [0.3, 0.4) is 0 Å². The van der Waals surface area contributed by atoms with Crippen LogP contribution in [0.2, 0.25) is 0 Å². The SMILES string of the molecule is CCc1ccc(C2NC(=O)NC(CN3CCN(c4ccc(C)cc4)CC3)=C2C(=O)OC)cc1. The summed E-state index contributed by atoms with van der Waals surface area (Å²) < 4.78 is 5.11. The van der Waals surface area contributed by atoms with Crippen molar-refractivity contribution in [3.05, 3.63) is 76.5 Å². The summed E-state index contributed by atoms with van der Waals surface area (Å²) in [7, 11) is 1.38. The molecule has 4 rings (SSSR count). The number of hydrogen-bond donors (Lipinski definition) is 2. The number of benzene rings is 2. The summed E-state index contributed by atoms with van der Waals surface area (Å²) in [6.07, 6.45) is 0.929. The first kappa shape index (κ1) is 22.9. The molecule has 0 aromatic heterocycles. The number of carbonyl (C=O) groups excluding carboxylic acids is 2. The van der Waals surface area contributed by atoms with Gasteiger partial charge in [0.15, 0.2) is 0 Å². The standard InChI is InChI=1S/C26H32N4O3/c1-4-19-7-9-20(10-8-19)24-23(25(31)33-3)22(27-26(32)28-24)17-29-13-15-30(16-14-29)21-11-5-18(2)6-12-21/h5-12,24H,4,13-17H2,1-3H3,(H2,27,28,32). The molecule has 2 aromatic carbocycles. The van der Waals surface area contributed by atoms with Crippen molar-refractivity contribution < 1.29 is 14.3 Å². The minimum absolute atomic E-state index is 0.305. The van der Waals surface area contributed by atoms with Crippen molar-refractivity contribution >= 4 is 17.7 Å². The Balaban J connectivity index is 1.53. The fourth-order valence-corrected chi connectivity index (χ4v) is 4.43. The molecule has 33 heavy (non-hydrogen) atoms. The predicted molar refractivity (Wildman–Crippen MR) is 129 cm³/mol. The summed E-state index contributed by atoms with van der Waals surface area (Å²) in [5, 5.41) is 5.77. The van der Waals surface area contributed by atoms with Gasteiger partial charge in [0.05, 0.1) is 18.7 Å². The summed E-state index contributed by atoms with van der Waals surface area (Å²) in [6.45, 7) is 8.12. The zero-order valence-corrected chi connectivity index (χ0v) is 19.6. The number of aryl methyl sites for hydroxylation is 2. The third kappa shape index (κ3) is 5.20. The van der Waals surface area contributed by atoms with Crippen molar-refractivity contribution in [3.8, 4) is 0 Å². The average molecular weight is 449 g/mol. The van der Waals surface area contributed by atoms with Crippen molar-refractivity contribution in [1.29, 1.82) is 0 Å². The number of rotatable bonds is 6. The number of hydrogen-bond acceptors (Lipinski definition) is 5. The molecule has 2 aliphatic heterocycles. The zero-order valence-electron chi connectivity index (χ0n) is 19.6. The van der Waals surface area contributed by atoms with Crippen LogP contribution in [0.4, 0.5) is 10.5 Å². The lowest BCUT2D eigenvalue weighted by molar-refractivity contribution is -0.136. The van der Waals surface area contributed by atoms with E-state index < -0.39 is 12.0 Å². The van der Waals surface area contributed by atoms with Crippen molar-refractivity contribution in [2.75, 3.05) is 44.7 Å². The van der Waals surface area contributed by atoms with Crippen LogP contribution in [0.15, 0.2) is 59.8 Å². The molecule has 0 radical (unpaired) electrons. The molecule has 2 N–H and O–H groups in total. The van der Waals surface area contributed by atoms with Crippen LogP contribution in [-0.2, 0) is 16.0 Å². The number of esters is 1. The van der Waals surface area contributed by atoms with Crippen molar-refractivity contribution in [3.63, 3.8) is 0 Å². The molecule has 1 unspecified atom stereocenters. The van der Waals surface area contributed by atoms with E-state index in [0.29, 0.717) is 17.8 Å². The summed E-state index contributed by atoms with van der Waals surface area (Å²) in [6, 6.07) is 15.7. The Morgan fingerprint density at radius 2 is 1.70 bits per heavy atom. The Morgan fingerprint density at radius 1 is 1.03 bits per heavy atom. The van der Waals surface area contributed by atoms with Gasteiger partial charge in [-0.3, -0.25) is 4.90 Å². The van der Waals surface area contributed by atoms with Gasteiger partial charge in [-0.1, -0.05) is 48.9 Å². The van der Waals surface area contributed by atoms with Gasteiger partial charge >= 0.3 is 12.0 Å². The maximum Gasteiger partial charge on any atom is 0.338 e. The second-order valence-electron chi connectivity index (χ2n) is 8.61. The van der Waals surface area contributed by atoms with Crippen molar-refractivity contribution in [1.82, 2.24) is 15.5 Å². The van der Waals surface area contributed by atoms with E-state index in [1.54, 1.807) is 0 Å². The number of amides is 2. The molecular formula is C26H32N4O3. The molecule has 2 aromatic rings. The highest BCUT2D eigenvalue weighted by molar-refractivity contribution is 5.95. The normalized spacial score (nSPS) is 19.2. The number of carbonyl (C=O) groups is 2. The van der Waals surface area contributed by atoms with Crippen molar-refractivity contribution in [2.24, 2.45) is 0 Å². The number of ether oxygens (including phenoxy) is 1. The Labute approximate surface area is 195 Å². The van der Waals surface area contributed by atoms with Gasteiger partial charge in [-0.2, -0.15) is 0 Å². The van der Waals surface area contributed by atoms with Crippen molar-refractivity contribution in [2.45, 2.75) is 26.3 Å². The van der Waals surface area contributed by atoms with Gasteiger partial charge in [0, 0.05) is 44.1 Å². The topological polar surface area (TPSA) is 73.9 Å². The summed E-state index contributed by atoms with van der Waals surface area (Å²) in [5.74, 6) is -0.430. The van der Waals surface area contributed by atoms with Crippen LogP contribution in [0.5, 0.6) is 0 Å². The maximum atomic E-state index is 12.8. The van der Waals surface area contributed by atoms with E-state index in [2.05, 4.69) is 58.5 Å². The molecule has 7 nitrogen and oxygen atoms in total. The number of nitrogens with zero attached hydrogens (tertiary/aromatic N) is 2. The second-order valence-corrected chi connectivity index (χ2v) is 8.61. The third-order valence-corrected chi connectivity index (χ3v) is 6.43. The van der Waals surface area contributed by atoms with E-state index in [1.807, 2.05) is 24.3 Å². The van der Waals surface area contributed by atoms with Crippen LogP contribution in [0.25, 0.3) is 0 Å². The molecule has 7 heteroatoms. The Kier molecular flexibility index (Phi) is 6.99. The Hall–Kier alpha value is -3.32. The quantitative estimate of drug-likeness (QED) is 0.664. The lowest BCUT2D eigenvalue weighted by Crippen LogP contribution is -2.51. The molecule has 1 fully saturated rings. The fraction of sp³-hybridized carbons (Fsp3) is 0.385. The number of methoxy groups -OCH3 is 1. The smallest absolute Gasteiger partial charge is 0.338 e.